The number of fused-ring (bicyclic) bond motifs is 1. The highest BCUT2D eigenvalue weighted by atomic mass is 32.2. The highest BCUT2D eigenvalue weighted by molar-refractivity contribution is 7.89. The maximum Gasteiger partial charge on any atom is 0.253 e. The monoisotopic (exact) mass is 501 g/mol. The van der Waals surface area contributed by atoms with Crippen LogP contribution in [0.4, 0.5) is 4.39 Å². The number of nitrogens with zero attached hydrogens (tertiary/aromatic N) is 3. The number of amides is 1. The van der Waals surface area contributed by atoms with E-state index in [2.05, 4.69) is 10.3 Å². The number of primary sulfonamides is 1. The lowest BCUT2D eigenvalue weighted by Gasteiger charge is -2.18. The van der Waals surface area contributed by atoms with Crippen LogP contribution in [0.2, 0.25) is 0 Å². The quantitative estimate of drug-likeness (QED) is 0.434. The molecule has 8 nitrogen and oxygen atoms in total. The molecule has 3 N–H and O–H groups in total. The van der Waals surface area contributed by atoms with Gasteiger partial charge < -0.3 is 9.88 Å². The van der Waals surface area contributed by atoms with Crippen LogP contribution in [0.5, 0.6) is 0 Å². The number of nitrogens with two attached hydrogens (primary N) is 1. The van der Waals surface area contributed by atoms with Crippen LogP contribution in [0, 0.1) is 17.1 Å². The van der Waals surface area contributed by atoms with E-state index in [9.17, 15) is 22.9 Å². The van der Waals surface area contributed by atoms with Gasteiger partial charge in [-0.05, 0) is 47.5 Å². The number of hydrogen-bond donors (Lipinski definition) is 2. The molecule has 0 radical (unpaired) electrons. The largest absolute Gasteiger partial charge is 0.352 e. The molecule has 0 fully saturated rings. The Morgan fingerprint density at radius 2 is 1.86 bits per heavy atom. The smallest absolute Gasteiger partial charge is 0.253 e. The molecule has 1 aliphatic heterocycles. The third kappa shape index (κ3) is 4.15. The molecule has 2 aromatic carbocycles. The third-order valence-electron chi connectivity index (χ3n) is 6.17. The van der Waals surface area contributed by atoms with Crippen LogP contribution in [-0.4, -0.2) is 30.4 Å². The van der Waals surface area contributed by atoms with Crippen molar-refractivity contribution >= 4 is 15.9 Å². The first-order valence-electron chi connectivity index (χ1n) is 11.0. The van der Waals surface area contributed by atoms with Crippen molar-refractivity contribution in [3.8, 4) is 28.5 Å². The average molecular weight is 502 g/mol. The van der Waals surface area contributed by atoms with E-state index in [1.165, 1.54) is 24.3 Å². The Balaban J connectivity index is 1.85. The van der Waals surface area contributed by atoms with Gasteiger partial charge in [-0.3, -0.25) is 9.78 Å². The summed E-state index contributed by atoms with van der Waals surface area (Å²) in [5.41, 5.74) is 4.36. The molecular weight excluding hydrogens is 481 g/mol. The Bertz CT molecular complexity index is 1660. The number of nitrogens with one attached hydrogen (secondary N) is 1. The Morgan fingerprint density at radius 3 is 2.58 bits per heavy atom. The van der Waals surface area contributed by atoms with Crippen molar-refractivity contribution in [2.24, 2.45) is 5.14 Å². The van der Waals surface area contributed by atoms with Gasteiger partial charge in [0.05, 0.1) is 27.8 Å². The van der Waals surface area contributed by atoms with Crippen LogP contribution in [-0.2, 0) is 23.0 Å². The minimum absolute atomic E-state index is 0.0799. The molecule has 0 atom stereocenters. The van der Waals surface area contributed by atoms with E-state index in [0.717, 1.165) is 11.3 Å². The lowest BCUT2D eigenvalue weighted by Crippen LogP contribution is -2.32. The first-order valence-corrected chi connectivity index (χ1v) is 12.6. The predicted octanol–water partition coefficient (Wildman–Crippen LogP) is 3.21. The topological polar surface area (TPSA) is 131 Å². The highest BCUT2D eigenvalue weighted by Gasteiger charge is 2.31. The molecule has 1 aliphatic rings. The van der Waals surface area contributed by atoms with Crippen LogP contribution in [0.1, 0.15) is 27.2 Å². The predicted molar refractivity (Wildman–Crippen MR) is 131 cm³/mol. The summed E-state index contributed by atoms with van der Waals surface area (Å²) < 4.78 is 40.0. The molecule has 3 heterocycles. The van der Waals surface area contributed by atoms with Gasteiger partial charge in [-0.25, -0.2) is 17.9 Å². The number of carbonyl (C=O) groups excluding carboxylic acids is 1. The fraction of sp³-hybridized carbons (Fsp3) is 0.115. The summed E-state index contributed by atoms with van der Waals surface area (Å²) in [5, 5.41) is 17.9. The third-order valence-corrected chi connectivity index (χ3v) is 7.08. The summed E-state index contributed by atoms with van der Waals surface area (Å²) in [7, 11) is -3.99. The standard InChI is InChI=1S/C26H20FN5O3S/c27-20-5-4-18(19(12-20)14-28)15-32-22-8-11-31-26(33)24(22)23(25(32)16-6-9-30-10-7-16)17-2-1-3-21(13-17)36(29,34)35/h1-7,9-10,12-13H,8,11,15H2,(H,31,33)(H2,29,34,35). The minimum atomic E-state index is -3.99. The number of hydrogen-bond acceptors (Lipinski definition) is 5. The Labute approximate surface area is 206 Å². The number of benzene rings is 2. The molecule has 36 heavy (non-hydrogen) atoms. The molecule has 4 aromatic rings. The van der Waals surface area contributed by atoms with E-state index in [-0.39, 0.29) is 22.9 Å². The molecule has 0 saturated heterocycles. The summed E-state index contributed by atoms with van der Waals surface area (Å²) >= 11 is 0. The van der Waals surface area contributed by atoms with E-state index in [0.29, 0.717) is 40.9 Å². The first kappa shape index (κ1) is 23.4. The maximum atomic E-state index is 13.8. The molecule has 1 amide bonds. The zero-order chi connectivity index (χ0) is 25.4. The molecule has 10 heteroatoms. The normalized spacial score (nSPS) is 13.1. The molecular formula is C26H20FN5O3S. The van der Waals surface area contributed by atoms with Crippen molar-refractivity contribution in [3.63, 3.8) is 0 Å². The second-order valence-electron chi connectivity index (χ2n) is 8.36. The number of nitriles is 1. The van der Waals surface area contributed by atoms with Gasteiger partial charge in [0.15, 0.2) is 0 Å². The Kier molecular flexibility index (Phi) is 5.88. The number of carbonyl (C=O) groups is 1. The van der Waals surface area contributed by atoms with Gasteiger partial charge in [0.2, 0.25) is 10.0 Å². The summed E-state index contributed by atoms with van der Waals surface area (Å²) in [6.45, 7) is 0.613. The van der Waals surface area contributed by atoms with Crippen molar-refractivity contribution in [2.45, 2.75) is 17.9 Å². The van der Waals surface area contributed by atoms with Crippen molar-refractivity contribution in [3.05, 3.63) is 95.2 Å². The Hall–Kier alpha value is -4.33. The van der Waals surface area contributed by atoms with Crippen LogP contribution >= 0.6 is 0 Å². The van der Waals surface area contributed by atoms with Gasteiger partial charge in [0.25, 0.3) is 5.91 Å². The van der Waals surface area contributed by atoms with E-state index in [1.54, 1.807) is 42.7 Å². The molecule has 0 unspecified atom stereocenters. The van der Waals surface area contributed by atoms with Crippen molar-refractivity contribution in [1.82, 2.24) is 14.9 Å². The number of aromatic nitrogens is 2. The zero-order valence-corrected chi connectivity index (χ0v) is 19.7. The second kappa shape index (κ2) is 9.03. The van der Waals surface area contributed by atoms with Gasteiger partial charge in [-0.15, -0.1) is 0 Å². The summed E-state index contributed by atoms with van der Waals surface area (Å²) in [4.78, 5) is 17.2. The van der Waals surface area contributed by atoms with E-state index < -0.39 is 15.8 Å². The van der Waals surface area contributed by atoms with E-state index >= 15 is 0 Å². The fourth-order valence-corrected chi connectivity index (χ4v) is 5.17. The first-order chi connectivity index (χ1) is 17.3. The van der Waals surface area contributed by atoms with E-state index in [1.807, 2.05) is 10.6 Å². The fourth-order valence-electron chi connectivity index (χ4n) is 4.61. The molecule has 0 bridgehead atoms. The molecule has 5 rings (SSSR count). The highest BCUT2D eigenvalue weighted by Crippen LogP contribution is 2.41. The van der Waals surface area contributed by atoms with Crippen LogP contribution < -0.4 is 10.5 Å². The molecule has 180 valence electrons. The summed E-state index contributed by atoms with van der Waals surface area (Å²) in [6, 6.07) is 15.8. The maximum absolute atomic E-state index is 13.8. The number of pyridine rings is 1. The van der Waals surface area contributed by atoms with Gasteiger partial charge in [0, 0.05) is 48.7 Å². The van der Waals surface area contributed by atoms with Crippen molar-refractivity contribution in [2.75, 3.05) is 6.54 Å². The zero-order valence-electron chi connectivity index (χ0n) is 18.9. The lowest BCUT2D eigenvalue weighted by molar-refractivity contribution is 0.0946. The van der Waals surface area contributed by atoms with Crippen LogP contribution in [0.25, 0.3) is 22.4 Å². The van der Waals surface area contributed by atoms with Gasteiger partial charge in [-0.2, -0.15) is 5.26 Å². The lowest BCUT2D eigenvalue weighted by atomic mass is 9.95. The van der Waals surface area contributed by atoms with Crippen LogP contribution in [0.15, 0.2) is 71.9 Å². The molecule has 0 aliphatic carbocycles. The SMILES string of the molecule is N#Cc1cc(F)ccc1Cn1c2c(c(-c3cccc(S(N)(=O)=O)c3)c1-c1ccncc1)C(=O)NCC2. The Morgan fingerprint density at radius 1 is 1.08 bits per heavy atom. The summed E-state index contributed by atoms with van der Waals surface area (Å²) in [5.74, 6) is -0.806. The number of rotatable bonds is 5. The van der Waals surface area contributed by atoms with Crippen molar-refractivity contribution < 1.29 is 17.6 Å². The number of halogens is 1. The molecule has 0 spiro atoms. The molecule has 2 aromatic heterocycles. The van der Waals surface area contributed by atoms with Gasteiger partial charge in [-0.1, -0.05) is 18.2 Å². The van der Waals surface area contributed by atoms with Crippen LogP contribution in [0.3, 0.4) is 0 Å². The minimum Gasteiger partial charge on any atom is -0.352 e. The average Bonchev–Trinajstić information content (AvgIpc) is 3.20. The van der Waals surface area contributed by atoms with Crippen molar-refractivity contribution in [1.29, 1.82) is 5.26 Å². The second-order valence-corrected chi connectivity index (χ2v) is 9.92. The van der Waals surface area contributed by atoms with Gasteiger partial charge >= 0.3 is 0 Å². The molecule has 0 saturated carbocycles. The van der Waals surface area contributed by atoms with E-state index in [4.69, 9.17) is 5.14 Å². The van der Waals surface area contributed by atoms with Gasteiger partial charge in [0.1, 0.15) is 5.82 Å². The number of sulfonamides is 1. The summed E-state index contributed by atoms with van der Waals surface area (Å²) in [6.07, 6.45) is 3.75.